The Morgan fingerprint density at radius 1 is 1.11 bits per heavy atom. The van der Waals surface area contributed by atoms with Crippen molar-refractivity contribution in [3.8, 4) is 5.69 Å². The number of piperidine rings is 3. The van der Waals surface area contributed by atoms with Crippen molar-refractivity contribution < 1.29 is 18.0 Å². The average molecular weight is 391 g/mol. The molecule has 3 fully saturated rings. The summed E-state index contributed by atoms with van der Waals surface area (Å²) in [5, 5.41) is 0. The van der Waals surface area contributed by atoms with Crippen molar-refractivity contribution in [1.29, 1.82) is 0 Å². The largest absolute Gasteiger partial charge is 0.337 e. The maximum Gasteiger partial charge on any atom is 0.255 e. The summed E-state index contributed by atoms with van der Waals surface area (Å²) < 4.78 is 41.3. The van der Waals surface area contributed by atoms with Gasteiger partial charge in [0.05, 0.1) is 11.3 Å². The molecule has 2 bridgehead atoms. The molecule has 0 radical (unpaired) electrons. The molecule has 1 aromatic heterocycles. The van der Waals surface area contributed by atoms with Crippen molar-refractivity contribution in [3.05, 3.63) is 63.8 Å². The number of pyridine rings is 1. The average Bonchev–Trinajstić information content (AvgIpc) is 2.71. The van der Waals surface area contributed by atoms with E-state index in [1.807, 2.05) is 0 Å². The fourth-order valence-corrected chi connectivity index (χ4v) is 4.22. The number of halogens is 3. The SMILES string of the molecule is CN(C(=O)c1ccc(=O)n(-c2cc(F)c(F)c(F)c2)c1)C1CN2CCC1CC2. The predicted molar refractivity (Wildman–Crippen MR) is 97.0 cm³/mol. The fraction of sp³-hybridized carbons (Fsp3) is 0.400. The molecule has 3 saturated heterocycles. The number of hydrogen-bond donors (Lipinski definition) is 0. The normalized spacial score (nSPS) is 23.6. The van der Waals surface area contributed by atoms with E-state index in [0.717, 1.165) is 55.2 Å². The first-order chi connectivity index (χ1) is 13.3. The standard InChI is InChI=1S/C20H20F3N3O2/c1-24(17-11-25-6-4-12(17)5-7-25)20(28)13-2-3-18(27)26(10-13)14-8-15(21)19(23)16(22)9-14/h2-3,8-10,12,17H,4-7,11H2,1H3. The molecule has 1 atom stereocenters. The first-order valence-electron chi connectivity index (χ1n) is 9.22. The van der Waals surface area contributed by atoms with Crippen LogP contribution < -0.4 is 5.56 Å². The van der Waals surface area contributed by atoms with Crippen molar-refractivity contribution >= 4 is 5.91 Å². The fourth-order valence-electron chi connectivity index (χ4n) is 4.22. The van der Waals surface area contributed by atoms with Gasteiger partial charge in [0.25, 0.3) is 11.5 Å². The lowest BCUT2D eigenvalue weighted by Crippen LogP contribution is -2.57. The molecule has 0 aliphatic carbocycles. The molecule has 4 heterocycles. The molecule has 1 unspecified atom stereocenters. The lowest BCUT2D eigenvalue weighted by atomic mass is 9.83. The summed E-state index contributed by atoms with van der Waals surface area (Å²) in [6, 6.07) is 4.11. The first kappa shape index (κ1) is 18.7. The smallest absolute Gasteiger partial charge is 0.255 e. The van der Waals surface area contributed by atoms with Gasteiger partial charge < -0.3 is 9.80 Å². The zero-order chi connectivity index (χ0) is 20.0. The van der Waals surface area contributed by atoms with E-state index in [9.17, 15) is 22.8 Å². The van der Waals surface area contributed by atoms with Crippen molar-refractivity contribution in [3.63, 3.8) is 0 Å². The Morgan fingerprint density at radius 3 is 2.32 bits per heavy atom. The number of rotatable bonds is 3. The quantitative estimate of drug-likeness (QED) is 0.755. The zero-order valence-corrected chi connectivity index (χ0v) is 15.4. The van der Waals surface area contributed by atoms with E-state index < -0.39 is 23.0 Å². The molecule has 2 aromatic rings. The number of carbonyl (C=O) groups is 1. The Kier molecular flexibility index (Phi) is 4.74. The number of amides is 1. The molecule has 0 N–H and O–H groups in total. The molecular formula is C20H20F3N3O2. The second-order valence-electron chi connectivity index (χ2n) is 7.47. The summed E-state index contributed by atoms with van der Waals surface area (Å²) in [5.41, 5.74) is -0.530. The number of benzene rings is 1. The molecule has 5 nitrogen and oxygen atoms in total. The molecule has 3 aliphatic heterocycles. The first-order valence-corrected chi connectivity index (χ1v) is 9.22. The van der Waals surface area contributed by atoms with Gasteiger partial charge in [-0.3, -0.25) is 14.2 Å². The van der Waals surface area contributed by atoms with E-state index in [0.29, 0.717) is 5.92 Å². The van der Waals surface area contributed by atoms with E-state index in [1.165, 1.54) is 12.3 Å². The van der Waals surface area contributed by atoms with Crippen LogP contribution in [0.4, 0.5) is 13.2 Å². The molecule has 0 saturated carbocycles. The van der Waals surface area contributed by atoms with E-state index in [-0.39, 0.29) is 23.2 Å². The van der Waals surface area contributed by atoms with Crippen LogP contribution in [-0.2, 0) is 0 Å². The highest BCUT2D eigenvalue weighted by molar-refractivity contribution is 5.94. The summed E-state index contributed by atoms with van der Waals surface area (Å²) in [7, 11) is 1.74. The van der Waals surface area contributed by atoms with Gasteiger partial charge in [0, 0.05) is 44.0 Å². The van der Waals surface area contributed by atoms with Gasteiger partial charge in [-0.1, -0.05) is 0 Å². The molecule has 1 amide bonds. The van der Waals surface area contributed by atoms with Crippen LogP contribution in [0.3, 0.4) is 0 Å². The molecule has 8 heteroatoms. The van der Waals surface area contributed by atoms with Crippen molar-refractivity contribution in [2.45, 2.75) is 18.9 Å². The number of hydrogen-bond acceptors (Lipinski definition) is 3. The topological polar surface area (TPSA) is 45.6 Å². The van der Waals surface area contributed by atoms with Gasteiger partial charge >= 0.3 is 0 Å². The highest BCUT2D eigenvalue weighted by atomic mass is 19.2. The van der Waals surface area contributed by atoms with Crippen LogP contribution in [0.15, 0.2) is 35.3 Å². The van der Waals surface area contributed by atoms with E-state index in [4.69, 9.17) is 0 Å². The Balaban J connectivity index is 1.65. The number of likely N-dealkylation sites (N-methyl/N-ethyl adjacent to an activating group) is 1. The van der Waals surface area contributed by atoms with Crippen LogP contribution in [0, 0.1) is 23.4 Å². The minimum atomic E-state index is -1.61. The minimum Gasteiger partial charge on any atom is -0.337 e. The second-order valence-corrected chi connectivity index (χ2v) is 7.47. The third kappa shape index (κ3) is 3.22. The van der Waals surface area contributed by atoms with Crippen LogP contribution in [0.1, 0.15) is 23.2 Å². The summed E-state index contributed by atoms with van der Waals surface area (Å²) in [5.74, 6) is -4.22. The number of aromatic nitrogens is 1. The Bertz CT molecular complexity index is 960. The molecule has 1 aromatic carbocycles. The van der Waals surface area contributed by atoms with Gasteiger partial charge in [0.15, 0.2) is 17.5 Å². The van der Waals surface area contributed by atoms with Crippen LogP contribution in [0.2, 0.25) is 0 Å². The third-order valence-electron chi connectivity index (χ3n) is 5.84. The van der Waals surface area contributed by atoms with Gasteiger partial charge in [-0.25, -0.2) is 13.2 Å². The Hall–Kier alpha value is -2.61. The van der Waals surface area contributed by atoms with E-state index in [1.54, 1.807) is 11.9 Å². The van der Waals surface area contributed by atoms with Crippen molar-refractivity contribution in [2.75, 3.05) is 26.7 Å². The maximum absolute atomic E-state index is 13.6. The highest BCUT2D eigenvalue weighted by Gasteiger charge is 2.38. The van der Waals surface area contributed by atoms with Gasteiger partial charge in [-0.05, 0) is 37.9 Å². The summed E-state index contributed by atoms with van der Waals surface area (Å²) in [6.07, 6.45) is 3.35. The summed E-state index contributed by atoms with van der Waals surface area (Å²) in [4.78, 5) is 29.2. The van der Waals surface area contributed by atoms with Gasteiger partial charge in [0.2, 0.25) is 0 Å². The van der Waals surface area contributed by atoms with Gasteiger partial charge in [-0.15, -0.1) is 0 Å². The monoisotopic (exact) mass is 391 g/mol. The zero-order valence-electron chi connectivity index (χ0n) is 15.4. The van der Waals surface area contributed by atoms with E-state index >= 15 is 0 Å². The van der Waals surface area contributed by atoms with Crippen LogP contribution in [-0.4, -0.2) is 53.0 Å². The van der Waals surface area contributed by atoms with Crippen molar-refractivity contribution in [1.82, 2.24) is 14.4 Å². The van der Waals surface area contributed by atoms with Crippen molar-refractivity contribution in [2.24, 2.45) is 5.92 Å². The lowest BCUT2D eigenvalue weighted by Gasteiger charge is -2.48. The van der Waals surface area contributed by atoms with Crippen LogP contribution in [0.5, 0.6) is 0 Å². The minimum absolute atomic E-state index is 0.0936. The summed E-state index contributed by atoms with van der Waals surface area (Å²) in [6.45, 7) is 2.92. The Labute approximate surface area is 160 Å². The number of nitrogens with zero attached hydrogens (tertiary/aromatic N) is 3. The lowest BCUT2D eigenvalue weighted by molar-refractivity contribution is 0.0162. The highest BCUT2D eigenvalue weighted by Crippen LogP contribution is 2.31. The maximum atomic E-state index is 13.6. The third-order valence-corrected chi connectivity index (χ3v) is 5.84. The predicted octanol–water partition coefficient (Wildman–Crippen LogP) is 2.42. The van der Waals surface area contributed by atoms with Crippen LogP contribution in [0.25, 0.3) is 5.69 Å². The molecule has 5 rings (SSSR count). The number of fused-ring (bicyclic) bond motifs is 3. The Morgan fingerprint density at radius 2 is 1.75 bits per heavy atom. The number of carbonyl (C=O) groups excluding carboxylic acids is 1. The molecular weight excluding hydrogens is 371 g/mol. The summed E-state index contributed by atoms with van der Waals surface area (Å²) >= 11 is 0. The molecule has 0 spiro atoms. The van der Waals surface area contributed by atoms with Crippen LogP contribution >= 0.6 is 0 Å². The van der Waals surface area contributed by atoms with Gasteiger partial charge in [0.1, 0.15) is 0 Å². The molecule has 148 valence electrons. The second kappa shape index (κ2) is 7.09. The van der Waals surface area contributed by atoms with Gasteiger partial charge in [-0.2, -0.15) is 0 Å². The molecule has 3 aliphatic rings. The van der Waals surface area contributed by atoms with E-state index in [2.05, 4.69) is 4.90 Å². The molecule has 28 heavy (non-hydrogen) atoms.